The van der Waals surface area contributed by atoms with Gasteiger partial charge in [0, 0.05) is 29.2 Å². The fourth-order valence-corrected chi connectivity index (χ4v) is 2.50. The Morgan fingerprint density at radius 1 is 0.842 bits per heavy atom. The van der Waals surface area contributed by atoms with Crippen LogP contribution in [0.4, 0.5) is 5.69 Å². The van der Waals surface area contributed by atoms with Gasteiger partial charge in [0.15, 0.2) is 0 Å². The Bertz CT molecular complexity index is 872. The summed E-state index contributed by atoms with van der Waals surface area (Å²) in [5, 5.41) is 2.16. The summed E-state index contributed by atoms with van der Waals surface area (Å²) in [5.41, 5.74) is 9.60. The van der Waals surface area contributed by atoms with Crippen molar-refractivity contribution in [1.82, 2.24) is 4.57 Å². The van der Waals surface area contributed by atoms with Gasteiger partial charge in [0.2, 0.25) is 0 Å². The number of nitrogen functional groups attached to an aromatic ring is 1. The van der Waals surface area contributed by atoms with Crippen molar-refractivity contribution in [3.05, 3.63) is 60.9 Å². The Kier molecular flexibility index (Phi) is 1.97. The average molecular weight is 248 g/mol. The number of fused-ring (bicyclic) bond motifs is 3. The summed E-state index contributed by atoms with van der Waals surface area (Å²) in [7, 11) is 0. The third kappa shape index (κ3) is 1.45. The van der Waals surface area contributed by atoms with Crippen molar-refractivity contribution >= 4 is 27.6 Å². The van der Waals surface area contributed by atoms with Crippen LogP contribution in [0.5, 0.6) is 0 Å². The summed E-state index contributed by atoms with van der Waals surface area (Å²) in [6, 6.07) is 15.9. The highest BCUT2D eigenvalue weighted by Gasteiger charge is 2.10. The Hall–Kier alpha value is -2.68. The van der Waals surface area contributed by atoms with Gasteiger partial charge in [-0.3, -0.25) is 0 Å². The molecule has 3 nitrogen and oxygen atoms in total. The summed E-state index contributed by atoms with van der Waals surface area (Å²) in [6.45, 7) is 0. The number of rotatable bonds is 1. The number of para-hydroxylation sites is 1. The molecule has 0 amide bonds. The highest BCUT2D eigenvalue weighted by atomic mass is 16.3. The Balaban J connectivity index is 2.09. The lowest BCUT2D eigenvalue weighted by atomic mass is 10.1. The highest BCUT2D eigenvalue weighted by molar-refractivity contribution is 6.06. The van der Waals surface area contributed by atoms with Crippen LogP contribution in [-0.4, -0.2) is 4.57 Å². The topological polar surface area (TPSA) is 44.1 Å². The molecule has 2 aromatic heterocycles. The molecule has 2 N–H and O–H groups in total. The molecule has 0 aliphatic carbocycles. The lowest BCUT2D eigenvalue weighted by Crippen LogP contribution is -1.96. The SMILES string of the molecule is Nc1cc2c(cc1-n1cccc1)oc1ccccc12. The Morgan fingerprint density at radius 2 is 1.63 bits per heavy atom. The van der Waals surface area contributed by atoms with Crippen LogP contribution in [0.1, 0.15) is 0 Å². The van der Waals surface area contributed by atoms with Crippen LogP contribution in [0.3, 0.4) is 0 Å². The van der Waals surface area contributed by atoms with Crippen LogP contribution < -0.4 is 5.73 Å². The molecule has 0 atom stereocenters. The molecule has 0 saturated carbocycles. The first-order valence-electron chi connectivity index (χ1n) is 6.17. The zero-order valence-corrected chi connectivity index (χ0v) is 10.2. The molecule has 0 saturated heterocycles. The average Bonchev–Trinajstić information content (AvgIpc) is 3.04. The van der Waals surface area contributed by atoms with Crippen molar-refractivity contribution in [3.8, 4) is 5.69 Å². The maximum absolute atomic E-state index is 6.17. The van der Waals surface area contributed by atoms with Crippen LogP contribution in [0.25, 0.3) is 27.6 Å². The van der Waals surface area contributed by atoms with Crippen molar-refractivity contribution in [3.63, 3.8) is 0 Å². The van der Waals surface area contributed by atoms with Gasteiger partial charge in [-0.1, -0.05) is 18.2 Å². The van der Waals surface area contributed by atoms with Crippen LogP contribution in [0.15, 0.2) is 65.3 Å². The van der Waals surface area contributed by atoms with E-state index in [1.165, 1.54) is 0 Å². The summed E-state index contributed by atoms with van der Waals surface area (Å²) in [5.74, 6) is 0. The van der Waals surface area contributed by atoms with E-state index in [9.17, 15) is 0 Å². The molecular formula is C16H12N2O. The van der Waals surface area contributed by atoms with Gasteiger partial charge >= 0.3 is 0 Å². The first-order chi connectivity index (χ1) is 9.33. The molecule has 0 fully saturated rings. The molecule has 0 bridgehead atoms. The van der Waals surface area contributed by atoms with Crippen molar-refractivity contribution in [2.75, 3.05) is 5.73 Å². The number of benzene rings is 2. The molecule has 92 valence electrons. The quantitative estimate of drug-likeness (QED) is 0.518. The van der Waals surface area contributed by atoms with Gasteiger partial charge in [0.25, 0.3) is 0 Å². The minimum absolute atomic E-state index is 0.746. The van der Waals surface area contributed by atoms with E-state index in [0.29, 0.717) is 0 Å². The van der Waals surface area contributed by atoms with E-state index in [1.54, 1.807) is 0 Å². The monoisotopic (exact) mass is 248 g/mol. The minimum atomic E-state index is 0.746. The molecule has 2 aromatic carbocycles. The Labute approximate surface area is 109 Å². The summed E-state index contributed by atoms with van der Waals surface area (Å²) in [4.78, 5) is 0. The molecule has 4 rings (SSSR count). The molecule has 3 heteroatoms. The predicted molar refractivity (Wildman–Crippen MR) is 77.5 cm³/mol. The molecule has 4 aromatic rings. The van der Waals surface area contributed by atoms with Crippen molar-refractivity contribution in [1.29, 1.82) is 0 Å². The molecule has 0 spiro atoms. The second-order valence-electron chi connectivity index (χ2n) is 4.60. The number of anilines is 1. The second kappa shape index (κ2) is 3.65. The molecule has 0 aliphatic heterocycles. The highest BCUT2D eigenvalue weighted by Crippen LogP contribution is 2.33. The van der Waals surface area contributed by atoms with Crippen LogP contribution in [0.2, 0.25) is 0 Å². The predicted octanol–water partition coefficient (Wildman–Crippen LogP) is 3.96. The number of hydrogen-bond donors (Lipinski definition) is 1. The number of aromatic nitrogens is 1. The lowest BCUT2D eigenvalue weighted by molar-refractivity contribution is 0.668. The largest absolute Gasteiger partial charge is 0.456 e. The minimum Gasteiger partial charge on any atom is -0.456 e. The lowest BCUT2D eigenvalue weighted by Gasteiger charge is -2.06. The van der Waals surface area contributed by atoms with Crippen molar-refractivity contribution in [2.24, 2.45) is 0 Å². The van der Waals surface area contributed by atoms with Gasteiger partial charge in [-0.2, -0.15) is 0 Å². The normalized spacial score (nSPS) is 11.4. The van der Waals surface area contributed by atoms with E-state index in [1.807, 2.05) is 59.4 Å². The molecule has 0 unspecified atom stereocenters. The second-order valence-corrected chi connectivity index (χ2v) is 4.60. The number of hydrogen-bond acceptors (Lipinski definition) is 2. The maximum Gasteiger partial charge on any atom is 0.137 e. The smallest absolute Gasteiger partial charge is 0.137 e. The van der Waals surface area contributed by atoms with Gasteiger partial charge in [-0.25, -0.2) is 0 Å². The van der Waals surface area contributed by atoms with E-state index < -0.39 is 0 Å². The fraction of sp³-hybridized carbons (Fsp3) is 0. The number of nitrogens with two attached hydrogens (primary N) is 1. The molecule has 0 radical (unpaired) electrons. The maximum atomic E-state index is 6.17. The van der Waals surface area contributed by atoms with E-state index in [2.05, 4.69) is 6.07 Å². The Morgan fingerprint density at radius 3 is 2.47 bits per heavy atom. The van der Waals surface area contributed by atoms with Crippen LogP contribution in [-0.2, 0) is 0 Å². The zero-order valence-electron chi connectivity index (χ0n) is 10.2. The van der Waals surface area contributed by atoms with Gasteiger partial charge in [0.1, 0.15) is 11.2 Å². The van der Waals surface area contributed by atoms with Gasteiger partial charge < -0.3 is 14.7 Å². The zero-order chi connectivity index (χ0) is 12.8. The first-order valence-corrected chi connectivity index (χ1v) is 6.17. The number of nitrogens with zero attached hydrogens (tertiary/aromatic N) is 1. The summed E-state index contributed by atoms with van der Waals surface area (Å²) < 4.78 is 7.87. The van der Waals surface area contributed by atoms with Crippen LogP contribution >= 0.6 is 0 Å². The molecule has 2 heterocycles. The number of furan rings is 1. The van der Waals surface area contributed by atoms with E-state index in [4.69, 9.17) is 10.2 Å². The van der Waals surface area contributed by atoms with E-state index >= 15 is 0 Å². The van der Waals surface area contributed by atoms with E-state index in [0.717, 1.165) is 33.3 Å². The molecular weight excluding hydrogens is 236 g/mol. The van der Waals surface area contributed by atoms with E-state index in [-0.39, 0.29) is 0 Å². The summed E-state index contributed by atoms with van der Waals surface area (Å²) >= 11 is 0. The van der Waals surface area contributed by atoms with Crippen LogP contribution in [0, 0.1) is 0 Å². The van der Waals surface area contributed by atoms with Crippen molar-refractivity contribution < 1.29 is 4.42 Å². The first kappa shape index (κ1) is 10.3. The standard InChI is InChI=1S/C16H12N2O/c17-13-9-12-11-5-1-2-6-15(11)19-16(12)10-14(13)18-7-3-4-8-18/h1-10H,17H2. The van der Waals surface area contributed by atoms with Gasteiger partial charge in [-0.15, -0.1) is 0 Å². The third-order valence-electron chi connectivity index (χ3n) is 3.41. The molecule has 19 heavy (non-hydrogen) atoms. The van der Waals surface area contributed by atoms with Crippen molar-refractivity contribution in [2.45, 2.75) is 0 Å². The van der Waals surface area contributed by atoms with Gasteiger partial charge in [0.05, 0.1) is 11.4 Å². The fourth-order valence-electron chi connectivity index (χ4n) is 2.50. The third-order valence-corrected chi connectivity index (χ3v) is 3.41. The van der Waals surface area contributed by atoms with Gasteiger partial charge in [-0.05, 0) is 24.3 Å². The summed E-state index contributed by atoms with van der Waals surface area (Å²) in [6.07, 6.45) is 3.94. The molecule has 0 aliphatic rings.